The van der Waals surface area contributed by atoms with Crippen molar-refractivity contribution in [2.75, 3.05) is 11.9 Å². The maximum atomic E-state index is 12.4. The van der Waals surface area contributed by atoms with E-state index in [1.807, 2.05) is 62.4 Å². The number of carbonyl (C=O) groups excluding carboxylic acids is 3. The summed E-state index contributed by atoms with van der Waals surface area (Å²) < 4.78 is 10.3. The molecular weight excluding hydrogens is 384 g/mol. The van der Waals surface area contributed by atoms with E-state index in [0.29, 0.717) is 5.69 Å². The van der Waals surface area contributed by atoms with Crippen molar-refractivity contribution in [2.45, 2.75) is 40.3 Å². The lowest BCUT2D eigenvalue weighted by atomic mass is 10.1. The Bertz CT molecular complexity index is 860. The Hall–Kier alpha value is -3.35. The van der Waals surface area contributed by atoms with Crippen LogP contribution < -0.4 is 10.6 Å². The molecule has 7 heteroatoms. The second kappa shape index (κ2) is 11.0. The summed E-state index contributed by atoms with van der Waals surface area (Å²) >= 11 is 0. The summed E-state index contributed by atoms with van der Waals surface area (Å²) in [6, 6.07) is 13.9. The van der Waals surface area contributed by atoms with Crippen molar-refractivity contribution >= 4 is 23.7 Å². The number of ether oxygens (including phenoxy) is 2. The highest BCUT2D eigenvalue weighted by Gasteiger charge is 2.27. The number of amides is 2. The van der Waals surface area contributed by atoms with Crippen LogP contribution in [0.2, 0.25) is 0 Å². The van der Waals surface area contributed by atoms with Crippen LogP contribution in [0.15, 0.2) is 48.5 Å². The van der Waals surface area contributed by atoms with E-state index in [1.54, 1.807) is 13.8 Å². The number of rotatable bonds is 8. The van der Waals surface area contributed by atoms with Gasteiger partial charge in [-0.3, -0.25) is 4.79 Å². The molecule has 0 saturated carbocycles. The minimum Gasteiger partial charge on any atom is -0.454 e. The van der Waals surface area contributed by atoms with Crippen LogP contribution in [0, 0.1) is 19.8 Å². The van der Waals surface area contributed by atoms with Crippen molar-refractivity contribution < 1.29 is 23.9 Å². The molecule has 0 radical (unpaired) electrons. The second-order valence-electron chi connectivity index (χ2n) is 7.46. The standard InChI is InChI=1S/C23H28N2O5/c1-15(2)21(25-23(28)30-13-18-8-6-5-7-9-18)22(27)29-14-20(26)24-19-11-16(3)10-17(4)12-19/h5-12,15,21H,13-14H2,1-4H3,(H,24,26)(H,25,28)/t21-/m0/s1. The Morgan fingerprint density at radius 2 is 1.57 bits per heavy atom. The minimum atomic E-state index is -0.928. The van der Waals surface area contributed by atoms with Gasteiger partial charge >= 0.3 is 12.1 Å². The molecule has 0 aromatic heterocycles. The van der Waals surface area contributed by atoms with Gasteiger partial charge in [-0.25, -0.2) is 9.59 Å². The van der Waals surface area contributed by atoms with Crippen LogP contribution in [0.1, 0.15) is 30.5 Å². The number of nitrogens with one attached hydrogen (secondary N) is 2. The Morgan fingerprint density at radius 3 is 2.17 bits per heavy atom. The summed E-state index contributed by atoms with van der Waals surface area (Å²) in [5.74, 6) is -1.40. The van der Waals surface area contributed by atoms with E-state index in [9.17, 15) is 14.4 Å². The maximum absolute atomic E-state index is 12.4. The van der Waals surface area contributed by atoms with Gasteiger partial charge in [-0.2, -0.15) is 0 Å². The van der Waals surface area contributed by atoms with Gasteiger partial charge in [0.1, 0.15) is 12.6 Å². The van der Waals surface area contributed by atoms with Crippen LogP contribution >= 0.6 is 0 Å². The minimum absolute atomic E-state index is 0.0881. The Balaban J connectivity index is 1.83. The zero-order chi connectivity index (χ0) is 22.1. The van der Waals surface area contributed by atoms with Gasteiger partial charge < -0.3 is 20.1 Å². The monoisotopic (exact) mass is 412 g/mol. The predicted molar refractivity (Wildman–Crippen MR) is 114 cm³/mol. The topological polar surface area (TPSA) is 93.7 Å². The van der Waals surface area contributed by atoms with Crippen molar-refractivity contribution in [1.29, 1.82) is 0 Å². The van der Waals surface area contributed by atoms with Gasteiger partial charge in [0.15, 0.2) is 6.61 Å². The molecular formula is C23H28N2O5. The summed E-state index contributed by atoms with van der Waals surface area (Å²) in [6.45, 7) is 7.02. The first-order valence-corrected chi connectivity index (χ1v) is 9.76. The van der Waals surface area contributed by atoms with Crippen LogP contribution in [0.5, 0.6) is 0 Å². The molecule has 2 N–H and O–H groups in total. The molecule has 160 valence electrons. The lowest BCUT2D eigenvalue weighted by molar-refractivity contribution is -0.150. The fourth-order valence-corrected chi connectivity index (χ4v) is 2.86. The first kappa shape index (κ1) is 22.9. The van der Waals surface area contributed by atoms with Crippen molar-refractivity contribution in [2.24, 2.45) is 5.92 Å². The summed E-state index contributed by atoms with van der Waals surface area (Å²) in [7, 11) is 0. The van der Waals surface area contributed by atoms with Gasteiger partial charge in [-0.1, -0.05) is 50.2 Å². The van der Waals surface area contributed by atoms with E-state index in [4.69, 9.17) is 9.47 Å². The molecule has 0 aliphatic rings. The maximum Gasteiger partial charge on any atom is 0.408 e. The average Bonchev–Trinajstić information content (AvgIpc) is 2.68. The van der Waals surface area contributed by atoms with Gasteiger partial charge in [0.05, 0.1) is 0 Å². The summed E-state index contributed by atoms with van der Waals surface area (Å²) in [5, 5.41) is 5.21. The highest BCUT2D eigenvalue weighted by molar-refractivity contribution is 5.93. The van der Waals surface area contributed by atoms with E-state index in [2.05, 4.69) is 10.6 Å². The molecule has 0 fully saturated rings. The number of aryl methyl sites for hydroxylation is 2. The van der Waals surface area contributed by atoms with E-state index in [0.717, 1.165) is 16.7 Å². The number of hydrogen-bond acceptors (Lipinski definition) is 5. The molecule has 0 aliphatic carbocycles. The first-order chi connectivity index (χ1) is 14.2. The quantitative estimate of drug-likeness (QED) is 0.644. The molecule has 0 aliphatic heterocycles. The highest BCUT2D eigenvalue weighted by Crippen LogP contribution is 2.13. The fourth-order valence-electron chi connectivity index (χ4n) is 2.86. The zero-order valence-corrected chi connectivity index (χ0v) is 17.7. The molecule has 2 aromatic carbocycles. The molecule has 30 heavy (non-hydrogen) atoms. The number of carbonyl (C=O) groups is 3. The van der Waals surface area contributed by atoms with Crippen molar-refractivity contribution in [3.63, 3.8) is 0 Å². The number of alkyl carbamates (subject to hydrolysis) is 1. The third-order valence-corrected chi connectivity index (χ3v) is 4.26. The number of esters is 1. The van der Waals surface area contributed by atoms with Gasteiger partial charge in [0.25, 0.3) is 5.91 Å². The molecule has 0 saturated heterocycles. The van der Waals surface area contributed by atoms with Crippen LogP contribution in [0.4, 0.5) is 10.5 Å². The molecule has 0 unspecified atom stereocenters. The van der Waals surface area contributed by atoms with E-state index in [1.165, 1.54) is 0 Å². The third kappa shape index (κ3) is 7.58. The molecule has 0 spiro atoms. The smallest absolute Gasteiger partial charge is 0.408 e. The number of hydrogen-bond donors (Lipinski definition) is 2. The van der Waals surface area contributed by atoms with Crippen LogP contribution in [-0.4, -0.2) is 30.6 Å². The normalized spacial score (nSPS) is 11.5. The molecule has 0 bridgehead atoms. The SMILES string of the molecule is Cc1cc(C)cc(NC(=O)COC(=O)[C@@H](NC(=O)OCc2ccccc2)C(C)C)c1. The van der Waals surface area contributed by atoms with Crippen molar-refractivity contribution in [3.05, 3.63) is 65.2 Å². The number of benzene rings is 2. The van der Waals surface area contributed by atoms with E-state index >= 15 is 0 Å². The zero-order valence-electron chi connectivity index (χ0n) is 17.7. The summed E-state index contributed by atoms with van der Waals surface area (Å²) in [6.07, 6.45) is -0.728. The lowest BCUT2D eigenvalue weighted by Crippen LogP contribution is -2.46. The molecule has 0 heterocycles. The predicted octanol–water partition coefficient (Wildman–Crippen LogP) is 3.74. The van der Waals surface area contributed by atoms with Crippen molar-refractivity contribution in [1.82, 2.24) is 5.32 Å². The van der Waals surface area contributed by atoms with Crippen LogP contribution in [0.3, 0.4) is 0 Å². The molecule has 7 nitrogen and oxygen atoms in total. The van der Waals surface area contributed by atoms with Gasteiger partial charge in [0.2, 0.25) is 0 Å². The largest absolute Gasteiger partial charge is 0.454 e. The average molecular weight is 412 g/mol. The lowest BCUT2D eigenvalue weighted by Gasteiger charge is -2.20. The molecule has 2 amide bonds. The summed E-state index contributed by atoms with van der Waals surface area (Å²) in [5.41, 5.74) is 3.50. The fraction of sp³-hybridized carbons (Fsp3) is 0.348. The van der Waals surface area contributed by atoms with Crippen LogP contribution in [0.25, 0.3) is 0 Å². The summed E-state index contributed by atoms with van der Waals surface area (Å²) in [4.78, 5) is 36.6. The third-order valence-electron chi connectivity index (χ3n) is 4.26. The molecule has 2 aromatic rings. The molecule has 2 rings (SSSR count). The first-order valence-electron chi connectivity index (χ1n) is 9.76. The Kier molecular flexibility index (Phi) is 8.41. The highest BCUT2D eigenvalue weighted by atomic mass is 16.6. The van der Waals surface area contributed by atoms with Gasteiger partial charge in [-0.15, -0.1) is 0 Å². The second-order valence-corrected chi connectivity index (χ2v) is 7.46. The Morgan fingerprint density at radius 1 is 0.933 bits per heavy atom. The van der Waals surface area contributed by atoms with E-state index in [-0.39, 0.29) is 12.5 Å². The molecule has 1 atom stereocenters. The van der Waals surface area contributed by atoms with Crippen LogP contribution in [-0.2, 0) is 25.7 Å². The van der Waals surface area contributed by atoms with E-state index < -0.39 is 30.6 Å². The Labute approximate surface area is 176 Å². The number of anilines is 1. The van der Waals surface area contributed by atoms with Crippen molar-refractivity contribution in [3.8, 4) is 0 Å². The van der Waals surface area contributed by atoms with Gasteiger partial charge in [0, 0.05) is 5.69 Å². The van der Waals surface area contributed by atoms with Gasteiger partial charge in [-0.05, 0) is 48.6 Å².